The van der Waals surface area contributed by atoms with Gasteiger partial charge in [-0.2, -0.15) is 13.2 Å². The first-order valence-corrected chi connectivity index (χ1v) is 8.54. The topological polar surface area (TPSA) is 76.5 Å². The number of nitrogens with zero attached hydrogens (tertiary/aromatic N) is 1. The molecule has 27 heavy (non-hydrogen) atoms. The highest BCUT2D eigenvalue weighted by molar-refractivity contribution is 5.93. The van der Waals surface area contributed by atoms with Crippen molar-refractivity contribution in [1.29, 1.82) is 0 Å². The summed E-state index contributed by atoms with van der Waals surface area (Å²) in [6.07, 6.45) is -3.21. The maximum atomic E-state index is 12.9. The average molecular weight is 380 g/mol. The highest BCUT2D eigenvalue weighted by Gasteiger charge is 2.34. The van der Waals surface area contributed by atoms with Gasteiger partial charge in [-0.15, -0.1) is 0 Å². The summed E-state index contributed by atoms with van der Waals surface area (Å²) in [4.78, 5) is 25.7. The van der Waals surface area contributed by atoms with Crippen molar-refractivity contribution in [3.05, 3.63) is 47.7 Å². The van der Waals surface area contributed by atoms with Gasteiger partial charge in [0.2, 0.25) is 5.91 Å². The highest BCUT2D eigenvalue weighted by atomic mass is 19.4. The summed E-state index contributed by atoms with van der Waals surface area (Å²) in [6.45, 7) is 2.07. The van der Waals surface area contributed by atoms with Gasteiger partial charge in [0.15, 0.2) is 5.76 Å². The van der Waals surface area contributed by atoms with E-state index in [0.717, 1.165) is 12.1 Å². The second-order valence-electron chi connectivity index (χ2n) is 6.73. The van der Waals surface area contributed by atoms with Gasteiger partial charge in [-0.1, -0.05) is 12.1 Å². The molecule has 0 spiro atoms. The minimum Gasteiger partial charge on any atom is -0.451 e. The van der Waals surface area contributed by atoms with Gasteiger partial charge in [0.05, 0.1) is 11.5 Å². The van der Waals surface area contributed by atoms with E-state index in [2.05, 4.69) is 0 Å². The summed E-state index contributed by atoms with van der Waals surface area (Å²) in [5.74, 6) is -1.10. The molecule has 0 radical (unpaired) electrons. The zero-order valence-corrected chi connectivity index (χ0v) is 14.6. The fraction of sp³-hybridized carbons (Fsp3) is 0.368. The summed E-state index contributed by atoms with van der Waals surface area (Å²) in [5, 5.41) is 0. The van der Waals surface area contributed by atoms with Crippen LogP contribution in [0.25, 0.3) is 11.3 Å². The number of carbonyl (C=O) groups excluding carboxylic acids is 2. The van der Waals surface area contributed by atoms with Crippen LogP contribution >= 0.6 is 0 Å². The van der Waals surface area contributed by atoms with Crippen LogP contribution in [0.2, 0.25) is 0 Å². The van der Waals surface area contributed by atoms with Gasteiger partial charge in [-0.3, -0.25) is 9.59 Å². The molecular formula is C19H19F3N2O3. The third-order valence-electron chi connectivity index (χ3n) is 4.84. The lowest BCUT2D eigenvalue weighted by molar-refractivity contribution is -0.137. The molecule has 5 nitrogen and oxygen atoms in total. The Labute approximate surface area is 153 Å². The number of carbonyl (C=O) groups is 2. The van der Waals surface area contributed by atoms with E-state index < -0.39 is 29.5 Å². The molecule has 2 atom stereocenters. The second-order valence-corrected chi connectivity index (χ2v) is 6.73. The number of hydrogen-bond acceptors (Lipinski definition) is 3. The fourth-order valence-corrected chi connectivity index (χ4v) is 3.22. The number of nitrogens with two attached hydrogens (primary N) is 1. The van der Waals surface area contributed by atoms with Gasteiger partial charge in [-0.25, -0.2) is 0 Å². The third-order valence-corrected chi connectivity index (χ3v) is 4.84. The van der Waals surface area contributed by atoms with Crippen molar-refractivity contribution in [2.75, 3.05) is 6.54 Å². The van der Waals surface area contributed by atoms with Crippen LogP contribution in [0.5, 0.6) is 0 Å². The summed E-state index contributed by atoms with van der Waals surface area (Å²) in [6, 6.07) is 7.51. The first kappa shape index (κ1) is 19.0. The third kappa shape index (κ3) is 3.99. The Morgan fingerprint density at radius 2 is 1.93 bits per heavy atom. The zero-order chi connectivity index (χ0) is 19.8. The molecule has 2 aromatic rings. The Bertz CT molecular complexity index is 860. The Morgan fingerprint density at radius 1 is 1.19 bits per heavy atom. The largest absolute Gasteiger partial charge is 0.451 e. The standard InChI is InChI=1S/C19H19F3N2O3/c1-11-5-6-13(17(23)25)10-24(11)18(26)16-8-7-15(27-16)12-3-2-4-14(9-12)19(20,21)22/h2-4,7-9,11,13H,5-6,10H2,1H3,(H2,23,25)/t11-,13-/m1/s1. The second kappa shape index (κ2) is 7.09. The van der Waals surface area contributed by atoms with E-state index in [1.165, 1.54) is 29.2 Å². The first-order valence-electron chi connectivity index (χ1n) is 8.54. The summed E-state index contributed by atoms with van der Waals surface area (Å²) in [5.41, 5.74) is 4.78. The van der Waals surface area contributed by atoms with E-state index in [9.17, 15) is 22.8 Å². The molecule has 8 heteroatoms. The Morgan fingerprint density at radius 3 is 2.59 bits per heavy atom. The van der Waals surface area contributed by atoms with Crippen molar-refractivity contribution in [3.8, 4) is 11.3 Å². The van der Waals surface area contributed by atoms with E-state index >= 15 is 0 Å². The van der Waals surface area contributed by atoms with Crippen LogP contribution in [0.4, 0.5) is 13.2 Å². The van der Waals surface area contributed by atoms with Crippen LogP contribution in [0, 0.1) is 5.92 Å². The minimum atomic E-state index is -4.46. The van der Waals surface area contributed by atoms with Crippen LogP contribution in [-0.4, -0.2) is 29.3 Å². The molecule has 1 aliphatic rings. The number of alkyl halides is 3. The molecule has 0 saturated carbocycles. The van der Waals surface area contributed by atoms with Gasteiger partial charge >= 0.3 is 6.18 Å². The number of rotatable bonds is 3. The monoisotopic (exact) mass is 380 g/mol. The first-order chi connectivity index (χ1) is 12.7. The molecule has 2 N–H and O–H groups in total. The van der Waals surface area contributed by atoms with Crippen LogP contribution in [0.3, 0.4) is 0 Å². The molecule has 1 fully saturated rings. The Hall–Kier alpha value is -2.77. The maximum absolute atomic E-state index is 12.9. The lowest BCUT2D eigenvalue weighted by Gasteiger charge is -2.36. The number of hydrogen-bond donors (Lipinski definition) is 1. The minimum absolute atomic E-state index is 0.0133. The smallest absolute Gasteiger partial charge is 0.416 e. The lowest BCUT2D eigenvalue weighted by Crippen LogP contribution is -2.48. The normalized spacial score (nSPS) is 20.5. The Kier molecular flexibility index (Phi) is 4.99. The van der Waals surface area contributed by atoms with E-state index in [4.69, 9.17) is 10.2 Å². The van der Waals surface area contributed by atoms with Crippen molar-refractivity contribution < 1.29 is 27.2 Å². The predicted molar refractivity (Wildman–Crippen MR) is 91.6 cm³/mol. The van der Waals surface area contributed by atoms with Crippen molar-refractivity contribution in [3.63, 3.8) is 0 Å². The number of likely N-dealkylation sites (tertiary alicyclic amines) is 1. The summed E-state index contributed by atoms with van der Waals surface area (Å²) >= 11 is 0. The van der Waals surface area contributed by atoms with Crippen molar-refractivity contribution in [2.24, 2.45) is 11.7 Å². The fourth-order valence-electron chi connectivity index (χ4n) is 3.22. The van der Waals surface area contributed by atoms with Gasteiger partial charge in [0, 0.05) is 18.2 Å². The highest BCUT2D eigenvalue weighted by Crippen LogP contribution is 2.33. The molecule has 1 aromatic heterocycles. The predicted octanol–water partition coefficient (Wildman–Crippen LogP) is 3.69. The van der Waals surface area contributed by atoms with Gasteiger partial charge < -0.3 is 15.1 Å². The molecule has 0 bridgehead atoms. The van der Waals surface area contributed by atoms with Gasteiger partial charge in [-0.05, 0) is 44.0 Å². The maximum Gasteiger partial charge on any atom is 0.416 e. The number of piperidine rings is 1. The number of primary amides is 1. The number of furan rings is 1. The molecule has 3 rings (SSSR count). The lowest BCUT2D eigenvalue weighted by atomic mass is 9.93. The molecule has 0 unspecified atom stereocenters. The number of benzene rings is 1. The van der Waals surface area contributed by atoms with Crippen LogP contribution in [0.15, 0.2) is 40.8 Å². The van der Waals surface area contributed by atoms with Gasteiger partial charge in [0.25, 0.3) is 5.91 Å². The molecule has 1 aromatic carbocycles. The Balaban J connectivity index is 1.83. The SMILES string of the molecule is C[C@@H]1CC[C@@H](C(N)=O)CN1C(=O)c1ccc(-c2cccc(C(F)(F)F)c2)o1. The quantitative estimate of drug-likeness (QED) is 0.882. The summed E-state index contributed by atoms with van der Waals surface area (Å²) in [7, 11) is 0. The molecule has 144 valence electrons. The molecule has 0 aliphatic carbocycles. The van der Waals surface area contributed by atoms with Crippen molar-refractivity contribution in [1.82, 2.24) is 4.90 Å². The number of amides is 2. The molecule has 2 amide bonds. The average Bonchev–Trinajstić information content (AvgIpc) is 3.11. The molecule has 2 heterocycles. The zero-order valence-electron chi connectivity index (χ0n) is 14.6. The number of halogens is 3. The van der Waals surface area contributed by atoms with E-state index in [0.29, 0.717) is 12.8 Å². The van der Waals surface area contributed by atoms with Crippen molar-refractivity contribution in [2.45, 2.75) is 32.0 Å². The summed E-state index contributed by atoms with van der Waals surface area (Å²) < 4.78 is 44.1. The van der Waals surface area contributed by atoms with Crippen LogP contribution in [0.1, 0.15) is 35.9 Å². The molecular weight excluding hydrogens is 361 g/mol. The van der Waals surface area contributed by atoms with Gasteiger partial charge in [0.1, 0.15) is 5.76 Å². The van der Waals surface area contributed by atoms with E-state index in [-0.39, 0.29) is 29.7 Å². The van der Waals surface area contributed by atoms with E-state index in [1.54, 1.807) is 0 Å². The van der Waals surface area contributed by atoms with E-state index in [1.807, 2.05) is 6.92 Å². The van der Waals surface area contributed by atoms with Crippen molar-refractivity contribution >= 4 is 11.8 Å². The van der Waals surface area contributed by atoms with Crippen LogP contribution in [-0.2, 0) is 11.0 Å². The molecule has 1 aliphatic heterocycles. The van der Waals surface area contributed by atoms with Crippen LogP contribution < -0.4 is 5.73 Å². The molecule has 1 saturated heterocycles.